The fourth-order valence-corrected chi connectivity index (χ4v) is 2.49. The largest absolute Gasteiger partial charge is 0.450 e. The van der Waals surface area contributed by atoms with Crippen molar-refractivity contribution >= 4 is 12.0 Å². The number of carbonyl (C=O) groups excluding carboxylic acids is 2. The summed E-state index contributed by atoms with van der Waals surface area (Å²) in [6, 6.07) is 0.000417. The number of hydrogen-bond donors (Lipinski definition) is 1. The summed E-state index contributed by atoms with van der Waals surface area (Å²) in [6.07, 6.45) is 1.54. The minimum absolute atomic E-state index is 0.000417. The van der Waals surface area contributed by atoms with Gasteiger partial charge in [-0.15, -0.1) is 0 Å². The van der Waals surface area contributed by atoms with Crippen molar-refractivity contribution in [1.29, 1.82) is 0 Å². The van der Waals surface area contributed by atoms with Crippen LogP contribution in [-0.2, 0) is 9.53 Å². The molecule has 0 saturated carbocycles. The molecule has 110 valence electrons. The lowest BCUT2D eigenvalue weighted by molar-refractivity contribution is -0.136. The van der Waals surface area contributed by atoms with Crippen LogP contribution in [0.25, 0.3) is 0 Å². The van der Waals surface area contributed by atoms with Gasteiger partial charge in [-0.1, -0.05) is 27.2 Å². The van der Waals surface area contributed by atoms with Crippen molar-refractivity contribution in [1.82, 2.24) is 10.2 Å². The van der Waals surface area contributed by atoms with Crippen molar-refractivity contribution in [2.45, 2.75) is 46.6 Å². The van der Waals surface area contributed by atoms with E-state index in [-0.39, 0.29) is 24.0 Å². The van der Waals surface area contributed by atoms with Crippen molar-refractivity contribution < 1.29 is 14.3 Å². The molecule has 1 aliphatic heterocycles. The lowest BCUT2D eigenvalue weighted by Gasteiger charge is -2.38. The van der Waals surface area contributed by atoms with Gasteiger partial charge in [0.15, 0.2) is 0 Å². The summed E-state index contributed by atoms with van der Waals surface area (Å²) in [6.45, 7) is 9.47. The van der Waals surface area contributed by atoms with Crippen molar-refractivity contribution in [3.8, 4) is 0 Å². The third kappa shape index (κ3) is 4.73. The van der Waals surface area contributed by atoms with Crippen LogP contribution in [0.3, 0.4) is 0 Å². The summed E-state index contributed by atoms with van der Waals surface area (Å²) in [7, 11) is 0. The molecule has 2 amide bonds. The second-order valence-electron chi connectivity index (χ2n) is 5.47. The SMILES string of the molecule is CCOC(=O)NC1CC(CC)CN(C(=O)C(C)C)C1. The molecular weight excluding hydrogens is 244 g/mol. The topological polar surface area (TPSA) is 58.6 Å². The van der Waals surface area contributed by atoms with Crippen LogP contribution >= 0.6 is 0 Å². The first-order chi connectivity index (χ1) is 8.97. The van der Waals surface area contributed by atoms with E-state index < -0.39 is 0 Å². The summed E-state index contributed by atoms with van der Waals surface area (Å²) in [5.74, 6) is 0.607. The number of carbonyl (C=O) groups is 2. The van der Waals surface area contributed by atoms with Crippen LogP contribution < -0.4 is 5.32 Å². The Morgan fingerprint density at radius 3 is 2.53 bits per heavy atom. The highest BCUT2D eigenvalue weighted by Gasteiger charge is 2.31. The van der Waals surface area contributed by atoms with Crippen molar-refractivity contribution in [2.75, 3.05) is 19.7 Å². The Labute approximate surface area is 115 Å². The Morgan fingerprint density at radius 2 is 2.00 bits per heavy atom. The third-order valence-electron chi connectivity index (χ3n) is 3.52. The first-order valence-electron chi connectivity index (χ1n) is 7.19. The molecule has 19 heavy (non-hydrogen) atoms. The van der Waals surface area contributed by atoms with Gasteiger partial charge in [-0.05, 0) is 19.3 Å². The maximum absolute atomic E-state index is 12.1. The van der Waals surface area contributed by atoms with Gasteiger partial charge in [0.25, 0.3) is 0 Å². The normalized spacial score (nSPS) is 23.3. The number of nitrogens with one attached hydrogen (secondary N) is 1. The van der Waals surface area contributed by atoms with Crippen molar-refractivity contribution in [3.05, 3.63) is 0 Å². The number of rotatable bonds is 4. The van der Waals surface area contributed by atoms with Crippen LogP contribution in [-0.4, -0.2) is 42.6 Å². The van der Waals surface area contributed by atoms with E-state index in [1.807, 2.05) is 18.7 Å². The van der Waals surface area contributed by atoms with E-state index >= 15 is 0 Å². The maximum Gasteiger partial charge on any atom is 0.407 e. The summed E-state index contributed by atoms with van der Waals surface area (Å²) in [5.41, 5.74) is 0. The zero-order chi connectivity index (χ0) is 14.4. The Kier molecular flexibility index (Phi) is 6.12. The molecular formula is C14H26N2O3. The van der Waals surface area contributed by atoms with E-state index in [1.54, 1.807) is 6.92 Å². The highest BCUT2D eigenvalue weighted by molar-refractivity contribution is 5.78. The number of ether oxygens (including phenoxy) is 1. The number of hydrogen-bond acceptors (Lipinski definition) is 3. The number of amides is 2. The van der Waals surface area contributed by atoms with Crippen molar-refractivity contribution in [2.24, 2.45) is 11.8 Å². The minimum atomic E-state index is -0.388. The molecule has 0 bridgehead atoms. The zero-order valence-electron chi connectivity index (χ0n) is 12.4. The summed E-state index contributed by atoms with van der Waals surface area (Å²) >= 11 is 0. The van der Waals surface area contributed by atoms with Crippen LogP contribution in [0.15, 0.2) is 0 Å². The van der Waals surface area contributed by atoms with Gasteiger partial charge < -0.3 is 15.0 Å². The number of likely N-dealkylation sites (tertiary alicyclic amines) is 1. The fraction of sp³-hybridized carbons (Fsp3) is 0.857. The number of piperidine rings is 1. The standard InChI is InChI=1S/C14H26N2O3/c1-5-11-7-12(15-14(18)19-6-2)9-16(8-11)13(17)10(3)4/h10-12H,5-9H2,1-4H3,(H,15,18). The van der Waals surface area contributed by atoms with Crippen molar-refractivity contribution in [3.63, 3.8) is 0 Å². The molecule has 0 aromatic heterocycles. The maximum atomic E-state index is 12.1. The average molecular weight is 270 g/mol. The quantitative estimate of drug-likeness (QED) is 0.850. The van der Waals surface area contributed by atoms with E-state index in [9.17, 15) is 9.59 Å². The summed E-state index contributed by atoms with van der Waals surface area (Å²) in [4.78, 5) is 25.5. The summed E-state index contributed by atoms with van der Waals surface area (Å²) in [5, 5.41) is 2.85. The van der Waals surface area contributed by atoms with Gasteiger partial charge >= 0.3 is 6.09 Å². The predicted molar refractivity (Wildman–Crippen MR) is 73.8 cm³/mol. The third-order valence-corrected chi connectivity index (χ3v) is 3.52. The smallest absolute Gasteiger partial charge is 0.407 e. The zero-order valence-corrected chi connectivity index (χ0v) is 12.4. The minimum Gasteiger partial charge on any atom is -0.450 e. The Bertz CT molecular complexity index is 318. The van der Waals surface area contributed by atoms with Gasteiger partial charge in [0.05, 0.1) is 12.6 Å². The van der Waals surface area contributed by atoms with E-state index in [0.29, 0.717) is 19.1 Å². The molecule has 0 aromatic rings. The molecule has 0 aromatic carbocycles. The average Bonchev–Trinajstić information content (AvgIpc) is 2.37. The number of nitrogens with zero attached hydrogens (tertiary/aromatic N) is 1. The first kappa shape index (κ1) is 15.8. The highest BCUT2D eigenvalue weighted by Crippen LogP contribution is 2.21. The van der Waals surface area contributed by atoms with Crippen LogP contribution in [0.2, 0.25) is 0 Å². The molecule has 2 atom stereocenters. The molecule has 5 heteroatoms. The van der Waals surface area contributed by atoms with Gasteiger partial charge in [-0.3, -0.25) is 4.79 Å². The molecule has 0 radical (unpaired) electrons. The molecule has 1 heterocycles. The molecule has 1 fully saturated rings. The summed E-state index contributed by atoms with van der Waals surface area (Å²) < 4.78 is 4.90. The second kappa shape index (κ2) is 7.36. The van der Waals surface area contributed by atoms with Gasteiger partial charge in [-0.25, -0.2) is 4.79 Å². The van der Waals surface area contributed by atoms with Gasteiger partial charge in [0.1, 0.15) is 0 Å². The molecule has 1 N–H and O–H groups in total. The molecule has 0 aliphatic carbocycles. The molecule has 0 spiro atoms. The lowest BCUT2D eigenvalue weighted by Crippen LogP contribution is -2.53. The second-order valence-corrected chi connectivity index (χ2v) is 5.47. The van der Waals surface area contributed by atoms with Crippen LogP contribution in [0.5, 0.6) is 0 Å². The van der Waals surface area contributed by atoms with Crippen LogP contribution in [0.1, 0.15) is 40.5 Å². The van der Waals surface area contributed by atoms with E-state index in [4.69, 9.17) is 4.74 Å². The van der Waals surface area contributed by atoms with Gasteiger partial charge in [0.2, 0.25) is 5.91 Å². The first-order valence-corrected chi connectivity index (χ1v) is 7.19. The Hall–Kier alpha value is -1.26. The number of alkyl carbamates (subject to hydrolysis) is 1. The molecule has 1 saturated heterocycles. The Balaban J connectivity index is 2.62. The van der Waals surface area contributed by atoms with E-state index in [1.165, 1.54) is 0 Å². The molecule has 5 nitrogen and oxygen atoms in total. The molecule has 2 unspecified atom stereocenters. The van der Waals surface area contributed by atoms with Gasteiger partial charge in [0, 0.05) is 19.0 Å². The fourth-order valence-electron chi connectivity index (χ4n) is 2.49. The predicted octanol–water partition coefficient (Wildman–Crippen LogP) is 2.02. The van der Waals surface area contributed by atoms with Gasteiger partial charge in [-0.2, -0.15) is 0 Å². The molecule has 1 rings (SSSR count). The molecule has 1 aliphatic rings. The lowest BCUT2D eigenvalue weighted by atomic mass is 9.91. The van der Waals surface area contributed by atoms with E-state index in [0.717, 1.165) is 19.4 Å². The van der Waals surface area contributed by atoms with E-state index in [2.05, 4.69) is 12.2 Å². The van der Waals surface area contributed by atoms with Crippen LogP contribution in [0.4, 0.5) is 4.79 Å². The Morgan fingerprint density at radius 1 is 1.32 bits per heavy atom. The highest BCUT2D eigenvalue weighted by atomic mass is 16.5. The van der Waals surface area contributed by atoms with Crippen LogP contribution in [0, 0.1) is 11.8 Å². The monoisotopic (exact) mass is 270 g/mol.